The molecule has 2 unspecified atom stereocenters. The summed E-state index contributed by atoms with van der Waals surface area (Å²) in [5, 5.41) is 3.02. The minimum Gasteiger partial charge on any atom is -0.433 e. The van der Waals surface area contributed by atoms with Crippen LogP contribution in [0.15, 0.2) is 23.1 Å². The van der Waals surface area contributed by atoms with Gasteiger partial charge in [-0.15, -0.1) is 12.4 Å². The molecule has 0 aromatic heterocycles. The second-order valence-corrected chi connectivity index (χ2v) is 7.37. The second-order valence-electron chi connectivity index (χ2n) is 5.07. The summed E-state index contributed by atoms with van der Waals surface area (Å²) >= 11 is 5.83. The lowest BCUT2D eigenvalue weighted by atomic mass is 10.1. The molecule has 23 heavy (non-hydrogen) atoms. The van der Waals surface area contributed by atoms with Gasteiger partial charge < -0.3 is 10.1 Å². The third-order valence-corrected chi connectivity index (χ3v) is 5.98. The molecular formula is C13H18Cl2F2N2O3S. The molecule has 2 rings (SSSR count). The highest BCUT2D eigenvalue weighted by atomic mass is 35.5. The van der Waals surface area contributed by atoms with Crippen molar-refractivity contribution in [3.63, 3.8) is 0 Å². The van der Waals surface area contributed by atoms with Gasteiger partial charge in [-0.25, -0.2) is 8.42 Å². The van der Waals surface area contributed by atoms with Crippen molar-refractivity contribution < 1.29 is 21.9 Å². The van der Waals surface area contributed by atoms with Gasteiger partial charge in [0.05, 0.1) is 9.92 Å². The van der Waals surface area contributed by atoms with Gasteiger partial charge in [-0.2, -0.15) is 13.1 Å². The van der Waals surface area contributed by atoms with E-state index in [1.807, 2.05) is 13.8 Å². The van der Waals surface area contributed by atoms with Crippen molar-refractivity contribution >= 4 is 34.0 Å². The number of sulfonamides is 1. The van der Waals surface area contributed by atoms with E-state index in [4.69, 9.17) is 11.6 Å². The number of nitrogens with one attached hydrogen (secondary N) is 1. The zero-order valence-corrected chi connectivity index (χ0v) is 14.9. The van der Waals surface area contributed by atoms with Crippen molar-refractivity contribution in [1.82, 2.24) is 9.62 Å². The smallest absolute Gasteiger partial charge is 0.387 e. The van der Waals surface area contributed by atoms with E-state index in [9.17, 15) is 17.2 Å². The van der Waals surface area contributed by atoms with Crippen molar-refractivity contribution in [3.05, 3.63) is 23.2 Å². The summed E-state index contributed by atoms with van der Waals surface area (Å²) in [4.78, 5) is -0.0416. The molecule has 1 aliphatic heterocycles. The molecule has 0 bridgehead atoms. The first kappa shape index (κ1) is 20.4. The standard InChI is InChI=1S/C13H17ClF2N2O3S.ClH/c1-8-9(2)18(6-5-17-8)22(19,20)10-3-4-12(11(14)7-10)21-13(15)16;/h3-4,7-9,13,17H,5-6H2,1-2H3;1H. The summed E-state index contributed by atoms with van der Waals surface area (Å²) in [7, 11) is -3.75. The number of hydrogen-bond acceptors (Lipinski definition) is 4. The number of halogens is 4. The Morgan fingerprint density at radius 2 is 2.04 bits per heavy atom. The Morgan fingerprint density at radius 3 is 2.61 bits per heavy atom. The Bertz CT molecular complexity index is 646. The zero-order valence-electron chi connectivity index (χ0n) is 12.5. The predicted octanol–water partition coefficient (Wildman–Crippen LogP) is 2.73. The topological polar surface area (TPSA) is 58.6 Å². The Balaban J connectivity index is 0.00000264. The van der Waals surface area contributed by atoms with Crippen molar-refractivity contribution in [2.24, 2.45) is 0 Å². The molecule has 1 aromatic rings. The molecule has 0 radical (unpaired) electrons. The van der Waals surface area contributed by atoms with Gasteiger partial charge in [-0.05, 0) is 32.0 Å². The van der Waals surface area contributed by atoms with Gasteiger partial charge >= 0.3 is 6.61 Å². The third kappa shape index (κ3) is 4.45. The largest absolute Gasteiger partial charge is 0.433 e. The third-order valence-electron chi connectivity index (χ3n) is 3.70. The summed E-state index contributed by atoms with van der Waals surface area (Å²) < 4.78 is 55.4. The number of piperazine rings is 1. The van der Waals surface area contributed by atoms with Crippen LogP contribution in [0.3, 0.4) is 0 Å². The van der Waals surface area contributed by atoms with Gasteiger partial charge in [-0.3, -0.25) is 0 Å². The van der Waals surface area contributed by atoms with Crippen LogP contribution in [-0.2, 0) is 10.0 Å². The van der Waals surface area contributed by atoms with E-state index in [0.29, 0.717) is 13.1 Å². The Morgan fingerprint density at radius 1 is 1.39 bits per heavy atom. The number of hydrogen-bond donors (Lipinski definition) is 1. The molecule has 1 aromatic carbocycles. The van der Waals surface area contributed by atoms with E-state index in [1.54, 1.807) is 0 Å². The zero-order chi connectivity index (χ0) is 16.5. The Kier molecular flexibility index (Phi) is 7.03. The summed E-state index contributed by atoms with van der Waals surface area (Å²) in [6, 6.07) is 3.28. The summed E-state index contributed by atoms with van der Waals surface area (Å²) in [5.74, 6) is -0.252. The van der Waals surface area contributed by atoms with Gasteiger partial charge in [0.2, 0.25) is 10.0 Å². The van der Waals surface area contributed by atoms with E-state index in [1.165, 1.54) is 10.4 Å². The maximum Gasteiger partial charge on any atom is 0.387 e. The van der Waals surface area contributed by atoms with E-state index in [-0.39, 0.29) is 40.2 Å². The van der Waals surface area contributed by atoms with Crippen LogP contribution < -0.4 is 10.1 Å². The highest BCUT2D eigenvalue weighted by Gasteiger charge is 2.34. The lowest BCUT2D eigenvalue weighted by molar-refractivity contribution is -0.0498. The fourth-order valence-corrected chi connectivity index (χ4v) is 4.35. The van der Waals surface area contributed by atoms with E-state index >= 15 is 0 Å². The fraction of sp³-hybridized carbons (Fsp3) is 0.538. The number of nitrogens with zero attached hydrogens (tertiary/aromatic N) is 1. The highest BCUT2D eigenvalue weighted by molar-refractivity contribution is 7.89. The van der Waals surface area contributed by atoms with Crippen LogP contribution in [0.5, 0.6) is 5.75 Å². The first-order valence-corrected chi connectivity index (χ1v) is 8.55. The number of alkyl halides is 2. The highest BCUT2D eigenvalue weighted by Crippen LogP contribution is 2.30. The Hall–Kier alpha value is -0.670. The van der Waals surface area contributed by atoms with Gasteiger partial charge in [0.1, 0.15) is 5.75 Å². The van der Waals surface area contributed by atoms with Crippen molar-refractivity contribution in [3.8, 4) is 5.75 Å². The number of rotatable bonds is 4. The van der Waals surface area contributed by atoms with Crippen molar-refractivity contribution in [2.75, 3.05) is 13.1 Å². The molecular weight excluding hydrogens is 373 g/mol. The van der Waals surface area contributed by atoms with Crippen LogP contribution in [-0.4, -0.2) is 44.5 Å². The molecule has 1 aliphatic rings. The minimum absolute atomic E-state index is 0. The quantitative estimate of drug-likeness (QED) is 0.858. The first-order chi connectivity index (χ1) is 10.2. The lowest BCUT2D eigenvalue weighted by Crippen LogP contribution is -2.57. The van der Waals surface area contributed by atoms with Crippen LogP contribution in [0.1, 0.15) is 13.8 Å². The van der Waals surface area contributed by atoms with Crippen LogP contribution in [0.4, 0.5) is 8.78 Å². The van der Waals surface area contributed by atoms with Gasteiger partial charge in [0, 0.05) is 25.2 Å². The average molecular weight is 391 g/mol. The molecule has 1 heterocycles. The Labute approximate surface area is 145 Å². The molecule has 0 aliphatic carbocycles. The molecule has 132 valence electrons. The summed E-state index contributed by atoms with van der Waals surface area (Å²) in [6.07, 6.45) is 0. The van der Waals surface area contributed by atoms with Crippen LogP contribution in [0.25, 0.3) is 0 Å². The number of benzene rings is 1. The molecule has 0 spiro atoms. The molecule has 5 nitrogen and oxygen atoms in total. The second kappa shape index (κ2) is 7.94. The minimum atomic E-state index is -3.75. The molecule has 2 atom stereocenters. The molecule has 1 N–H and O–H groups in total. The van der Waals surface area contributed by atoms with Gasteiger partial charge in [0.25, 0.3) is 0 Å². The van der Waals surface area contributed by atoms with Crippen molar-refractivity contribution in [1.29, 1.82) is 0 Å². The van der Waals surface area contributed by atoms with E-state index < -0.39 is 16.6 Å². The molecule has 10 heteroatoms. The molecule has 0 saturated carbocycles. The predicted molar refractivity (Wildman–Crippen MR) is 86.2 cm³/mol. The van der Waals surface area contributed by atoms with Crippen LogP contribution in [0, 0.1) is 0 Å². The van der Waals surface area contributed by atoms with E-state index in [2.05, 4.69) is 10.1 Å². The van der Waals surface area contributed by atoms with Gasteiger partial charge in [0.15, 0.2) is 0 Å². The van der Waals surface area contributed by atoms with Crippen LogP contribution >= 0.6 is 24.0 Å². The van der Waals surface area contributed by atoms with Crippen LogP contribution in [0.2, 0.25) is 5.02 Å². The molecule has 0 amide bonds. The van der Waals surface area contributed by atoms with Gasteiger partial charge in [-0.1, -0.05) is 11.6 Å². The molecule has 1 fully saturated rings. The first-order valence-electron chi connectivity index (χ1n) is 6.73. The maximum absolute atomic E-state index is 12.7. The normalized spacial score (nSPS) is 22.7. The summed E-state index contributed by atoms with van der Waals surface area (Å²) in [5.41, 5.74) is 0. The lowest BCUT2D eigenvalue weighted by Gasteiger charge is -2.37. The maximum atomic E-state index is 12.7. The van der Waals surface area contributed by atoms with Crippen molar-refractivity contribution in [2.45, 2.75) is 37.4 Å². The fourth-order valence-electron chi connectivity index (χ4n) is 2.33. The average Bonchev–Trinajstić information content (AvgIpc) is 2.43. The monoisotopic (exact) mass is 390 g/mol. The number of ether oxygens (including phenoxy) is 1. The summed E-state index contributed by atoms with van der Waals surface area (Å²) in [6.45, 7) is 1.57. The van der Waals surface area contributed by atoms with E-state index in [0.717, 1.165) is 12.1 Å². The SMILES string of the molecule is CC1NCCN(S(=O)(=O)c2ccc(OC(F)F)c(Cl)c2)C1C.Cl. The molecule has 1 saturated heterocycles.